The fourth-order valence-electron chi connectivity index (χ4n) is 10.2. The van der Waals surface area contributed by atoms with Crippen LogP contribution < -0.4 is 0 Å². The molecular weight excluding hydrogens is 997 g/mol. The van der Waals surface area contributed by atoms with Crippen LogP contribution in [0, 0.1) is 0 Å². The fourth-order valence-corrected chi connectivity index (χ4v) is 10.2. The Morgan fingerprint density at radius 3 is 0.753 bits per heavy atom. The molecule has 0 aliphatic carbocycles. The second-order valence-electron chi connectivity index (χ2n) is 23.4. The van der Waals surface area contributed by atoms with E-state index in [4.69, 9.17) is 14.2 Å². The Kier molecular flexibility index (Phi) is 66.2. The van der Waals surface area contributed by atoms with Crippen molar-refractivity contribution in [1.29, 1.82) is 0 Å². The van der Waals surface area contributed by atoms with E-state index in [1.165, 1.54) is 218 Å². The van der Waals surface area contributed by atoms with Gasteiger partial charge in [-0.3, -0.25) is 14.4 Å². The highest BCUT2D eigenvalue weighted by Gasteiger charge is 2.19. The first-order valence-electron chi connectivity index (χ1n) is 35.1. The van der Waals surface area contributed by atoms with Gasteiger partial charge in [0.1, 0.15) is 13.2 Å². The van der Waals surface area contributed by atoms with Gasteiger partial charge in [-0.2, -0.15) is 0 Å². The summed E-state index contributed by atoms with van der Waals surface area (Å²) in [6.07, 6.45) is 91.8. The molecule has 0 aromatic heterocycles. The van der Waals surface area contributed by atoms with Crippen molar-refractivity contribution in [3.63, 3.8) is 0 Å². The molecule has 6 heteroatoms. The Labute approximate surface area is 503 Å². The van der Waals surface area contributed by atoms with E-state index in [0.717, 1.165) is 96.3 Å². The number of ether oxygens (including phenoxy) is 3. The van der Waals surface area contributed by atoms with Gasteiger partial charge in [-0.1, -0.05) is 324 Å². The third-order valence-electron chi connectivity index (χ3n) is 15.4. The summed E-state index contributed by atoms with van der Waals surface area (Å²) in [6, 6.07) is 0. The first-order chi connectivity index (χ1) is 40.0. The lowest BCUT2D eigenvalue weighted by Gasteiger charge is -2.18. The van der Waals surface area contributed by atoms with Crippen LogP contribution in [0.4, 0.5) is 0 Å². The molecule has 0 radical (unpaired) electrons. The van der Waals surface area contributed by atoms with Crippen LogP contribution in [0.5, 0.6) is 0 Å². The van der Waals surface area contributed by atoms with E-state index >= 15 is 0 Å². The van der Waals surface area contributed by atoms with E-state index in [1.54, 1.807) is 0 Å². The van der Waals surface area contributed by atoms with Gasteiger partial charge >= 0.3 is 17.9 Å². The number of unbranched alkanes of at least 4 members (excludes halogenated alkanes) is 39. The van der Waals surface area contributed by atoms with Crippen LogP contribution in [0.15, 0.2) is 85.1 Å². The van der Waals surface area contributed by atoms with Crippen LogP contribution in [-0.4, -0.2) is 37.2 Å². The molecule has 0 heterocycles. The number of allylic oxidation sites excluding steroid dienone is 14. The highest BCUT2D eigenvalue weighted by molar-refractivity contribution is 5.71. The molecule has 0 saturated heterocycles. The van der Waals surface area contributed by atoms with Crippen LogP contribution in [0.3, 0.4) is 0 Å². The van der Waals surface area contributed by atoms with Gasteiger partial charge in [0.05, 0.1) is 0 Å². The molecule has 1 atom stereocenters. The minimum atomic E-state index is -0.778. The number of carbonyl (C=O) groups excluding carboxylic acids is 3. The van der Waals surface area contributed by atoms with E-state index in [1.807, 2.05) is 0 Å². The van der Waals surface area contributed by atoms with Crippen molar-refractivity contribution >= 4 is 17.9 Å². The van der Waals surface area contributed by atoms with Crippen molar-refractivity contribution in [3.8, 4) is 0 Å². The van der Waals surface area contributed by atoms with Crippen molar-refractivity contribution in [2.75, 3.05) is 13.2 Å². The Balaban J connectivity index is 4.21. The minimum Gasteiger partial charge on any atom is -0.462 e. The lowest BCUT2D eigenvalue weighted by molar-refractivity contribution is -0.167. The van der Waals surface area contributed by atoms with Gasteiger partial charge in [-0.05, 0) is 96.3 Å². The maximum absolute atomic E-state index is 12.9. The third-order valence-corrected chi connectivity index (χ3v) is 15.4. The van der Waals surface area contributed by atoms with Crippen molar-refractivity contribution in [2.24, 2.45) is 0 Å². The van der Waals surface area contributed by atoms with Crippen LogP contribution >= 0.6 is 0 Å². The average molecular weight is 1130 g/mol. The lowest BCUT2D eigenvalue weighted by Crippen LogP contribution is -2.30. The summed E-state index contributed by atoms with van der Waals surface area (Å²) in [5, 5.41) is 0. The number of esters is 3. The third kappa shape index (κ3) is 67.3. The van der Waals surface area contributed by atoms with Gasteiger partial charge in [-0.25, -0.2) is 0 Å². The molecule has 81 heavy (non-hydrogen) atoms. The van der Waals surface area contributed by atoms with E-state index in [9.17, 15) is 14.4 Å². The molecule has 0 aromatic carbocycles. The van der Waals surface area contributed by atoms with Crippen molar-refractivity contribution in [1.82, 2.24) is 0 Å². The second-order valence-corrected chi connectivity index (χ2v) is 23.4. The highest BCUT2D eigenvalue weighted by atomic mass is 16.6. The van der Waals surface area contributed by atoms with Crippen LogP contribution in [0.1, 0.15) is 355 Å². The maximum atomic E-state index is 12.9. The van der Waals surface area contributed by atoms with Crippen LogP contribution in [-0.2, 0) is 28.6 Å². The van der Waals surface area contributed by atoms with E-state index in [0.29, 0.717) is 19.3 Å². The summed E-state index contributed by atoms with van der Waals surface area (Å²) >= 11 is 0. The number of hydrogen-bond donors (Lipinski definition) is 0. The van der Waals surface area contributed by atoms with Gasteiger partial charge in [0.25, 0.3) is 0 Å². The fraction of sp³-hybridized carbons (Fsp3) is 0.773. The molecule has 0 aliphatic rings. The predicted molar refractivity (Wildman–Crippen MR) is 353 cm³/mol. The molecule has 0 aromatic rings. The predicted octanol–water partition coefficient (Wildman–Crippen LogP) is 24.2. The van der Waals surface area contributed by atoms with Gasteiger partial charge < -0.3 is 14.2 Å². The number of carbonyl (C=O) groups is 3. The molecule has 0 N–H and O–H groups in total. The zero-order valence-electron chi connectivity index (χ0n) is 53.8. The van der Waals surface area contributed by atoms with Gasteiger partial charge in [-0.15, -0.1) is 0 Å². The molecule has 1 unspecified atom stereocenters. The summed E-state index contributed by atoms with van der Waals surface area (Å²) in [5.74, 6) is -0.862. The SMILES string of the molecule is CC/C=C\C/C=C\C/C=C\C/C=C\CCCCCCCCCCCCC(=O)OC(COC(=O)CCCCCCCCCCCCC)COC(=O)CCCCCCCCCCCCCCCC/C=C\C/C=C\C/C=C\CCCCCCC. The standard InChI is InChI=1S/C75H132O6/c1-4-7-10-13-16-19-22-24-26-28-30-32-34-35-36-37-38-39-41-42-44-46-48-50-53-56-59-62-65-68-74(77)80-71-72(70-79-73(76)67-64-61-58-55-52-21-18-15-12-9-6-3)81-75(78)69-66-63-60-57-54-51-49-47-45-43-40-33-31-29-27-25-23-20-17-14-11-8-5-2/h8,11,17,20,22,24-25,27-28,30-31,33-35,72H,4-7,9-10,12-16,18-19,21,23,26,29,32,36-71H2,1-3H3/b11-8-,20-17-,24-22-,27-25-,30-28-,33-31-,35-34-. The van der Waals surface area contributed by atoms with Crippen molar-refractivity contribution in [2.45, 2.75) is 361 Å². The molecule has 6 nitrogen and oxygen atoms in total. The van der Waals surface area contributed by atoms with E-state index in [-0.39, 0.29) is 31.1 Å². The van der Waals surface area contributed by atoms with Gasteiger partial charge in [0.2, 0.25) is 0 Å². The molecular formula is C75H132O6. The van der Waals surface area contributed by atoms with Gasteiger partial charge in [0, 0.05) is 19.3 Å². The number of rotatable bonds is 64. The summed E-state index contributed by atoms with van der Waals surface area (Å²) < 4.78 is 17.0. The Bertz CT molecular complexity index is 1530. The van der Waals surface area contributed by atoms with E-state index in [2.05, 4.69) is 106 Å². The normalized spacial score (nSPS) is 12.6. The molecule has 0 fully saturated rings. The van der Waals surface area contributed by atoms with Crippen molar-refractivity contribution < 1.29 is 28.6 Å². The Morgan fingerprint density at radius 2 is 0.481 bits per heavy atom. The first kappa shape index (κ1) is 77.6. The maximum Gasteiger partial charge on any atom is 0.306 e. The van der Waals surface area contributed by atoms with Crippen molar-refractivity contribution in [3.05, 3.63) is 85.1 Å². The quantitative estimate of drug-likeness (QED) is 0.0261. The minimum absolute atomic E-state index is 0.0743. The molecule has 0 rings (SSSR count). The molecule has 0 saturated carbocycles. The lowest BCUT2D eigenvalue weighted by atomic mass is 10.0. The van der Waals surface area contributed by atoms with Crippen LogP contribution in [0.25, 0.3) is 0 Å². The first-order valence-corrected chi connectivity index (χ1v) is 35.1. The summed E-state index contributed by atoms with van der Waals surface area (Å²) in [4.78, 5) is 38.4. The molecule has 0 aliphatic heterocycles. The molecule has 0 bridgehead atoms. The second kappa shape index (κ2) is 69.1. The topological polar surface area (TPSA) is 78.9 Å². The zero-order chi connectivity index (χ0) is 58.5. The summed E-state index contributed by atoms with van der Waals surface area (Å²) in [6.45, 7) is 6.55. The highest BCUT2D eigenvalue weighted by Crippen LogP contribution is 2.17. The smallest absolute Gasteiger partial charge is 0.306 e. The molecule has 0 spiro atoms. The number of hydrogen-bond acceptors (Lipinski definition) is 6. The largest absolute Gasteiger partial charge is 0.462 e. The summed E-state index contributed by atoms with van der Waals surface area (Å²) in [5.41, 5.74) is 0. The van der Waals surface area contributed by atoms with E-state index < -0.39 is 6.10 Å². The van der Waals surface area contributed by atoms with Crippen LogP contribution in [0.2, 0.25) is 0 Å². The Hall–Kier alpha value is -3.41. The monoisotopic (exact) mass is 1130 g/mol. The summed E-state index contributed by atoms with van der Waals surface area (Å²) in [7, 11) is 0. The average Bonchev–Trinajstić information content (AvgIpc) is 3.47. The zero-order valence-corrected chi connectivity index (χ0v) is 53.8. The Morgan fingerprint density at radius 1 is 0.259 bits per heavy atom. The molecule has 0 amide bonds. The molecule has 468 valence electrons. The van der Waals surface area contributed by atoms with Gasteiger partial charge in [0.15, 0.2) is 6.10 Å².